The van der Waals surface area contributed by atoms with E-state index in [2.05, 4.69) is 17.3 Å². The number of halogens is 1. The third-order valence-corrected chi connectivity index (χ3v) is 6.95. The normalized spacial score (nSPS) is 35.0. The maximum atomic E-state index is 12.9. The molecule has 2 bridgehead atoms. The molecule has 2 saturated carbocycles. The number of rotatable bonds is 3. The molecular formula is C22H17ClN2O3. The molecule has 0 unspecified atom stereocenters. The number of nitrogens with zero attached hydrogens (tertiary/aromatic N) is 2. The highest BCUT2D eigenvalue weighted by atomic mass is 35.5. The van der Waals surface area contributed by atoms with Gasteiger partial charge in [0.15, 0.2) is 0 Å². The molecule has 7 rings (SSSR count). The quantitative estimate of drug-likeness (QED) is 0.451. The van der Waals surface area contributed by atoms with Crippen molar-refractivity contribution in [1.82, 2.24) is 5.01 Å². The molecule has 2 heterocycles. The van der Waals surface area contributed by atoms with E-state index in [0.29, 0.717) is 28.4 Å². The molecule has 4 aliphatic carbocycles. The molecule has 1 aromatic heterocycles. The molecule has 5 nitrogen and oxygen atoms in total. The summed E-state index contributed by atoms with van der Waals surface area (Å²) in [5, 5.41) is 5.93. The molecule has 2 amide bonds. The zero-order valence-electron chi connectivity index (χ0n) is 14.9. The van der Waals surface area contributed by atoms with E-state index in [1.54, 1.807) is 18.2 Å². The summed E-state index contributed by atoms with van der Waals surface area (Å²) in [5.74, 6) is 1.95. The average Bonchev–Trinajstić information content (AvgIpc) is 3.34. The summed E-state index contributed by atoms with van der Waals surface area (Å²) in [6.45, 7) is 0. The Morgan fingerprint density at radius 3 is 2.25 bits per heavy atom. The number of hydrazone groups is 1. The van der Waals surface area contributed by atoms with Gasteiger partial charge < -0.3 is 4.42 Å². The first-order valence-electron chi connectivity index (χ1n) is 9.58. The SMILES string of the molecule is O=C1[C@H]2[C@@H]3C=C[C@H]([C@H]4C[C@H]34)[C@@H]2C(=O)N1/N=C/c1ccc(-c2ccc(Cl)cc2)o1. The van der Waals surface area contributed by atoms with Crippen molar-refractivity contribution in [2.45, 2.75) is 6.42 Å². The first-order valence-corrected chi connectivity index (χ1v) is 9.95. The van der Waals surface area contributed by atoms with Crippen LogP contribution in [0.4, 0.5) is 0 Å². The minimum atomic E-state index is -0.232. The fourth-order valence-electron chi connectivity index (χ4n) is 5.36. The standard InChI is InChI=1S/C22H17ClN2O3/c23-12-3-1-11(2-4-12)18-8-5-13(28-18)10-24-25-21(26)19-14-6-7-15(17-9-16(14)17)20(19)22(25)27/h1-8,10,14-17,19-20H,9H2/b24-10+/t14-,15-,16-,17-,19+,20+/m1/s1. The summed E-state index contributed by atoms with van der Waals surface area (Å²) in [5.41, 5.74) is 0.894. The molecule has 2 aromatic rings. The van der Waals surface area contributed by atoms with Gasteiger partial charge in [-0.25, -0.2) is 0 Å². The van der Waals surface area contributed by atoms with Crippen LogP contribution in [0.5, 0.6) is 0 Å². The minimum Gasteiger partial charge on any atom is -0.455 e. The molecule has 5 aliphatic rings. The third kappa shape index (κ3) is 2.23. The molecule has 0 N–H and O–H groups in total. The lowest BCUT2D eigenvalue weighted by Gasteiger charge is -2.37. The molecule has 28 heavy (non-hydrogen) atoms. The maximum Gasteiger partial charge on any atom is 0.254 e. The van der Waals surface area contributed by atoms with Crippen LogP contribution in [0.1, 0.15) is 12.2 Å². The topological polar surface area (TPSA) is 62.9 Å². The van der Waals surface area contributed by atoms with E-state index in [4.69, 9.17) is 16.0 Å². The Labute approximate surface area is 166 Å². The predicted molar refractivity (Wildman–Crippen MR) is 103 cm³/mol. The molecule has 1 aliphatic heterocycles. The number of amides is 2. The van der Waals surface area contributed by atoms with Gasteiger partial charge in [-0.15, -0.1) is 0 Å². The van der Waals surface area contributed by atoms with Gasteiger partial charge in [0.1, 0.15) is 11.5 Å². The van der Waals surface area contributed by atoms with Crippen molar-refractivity contribution in [2.75, 3.05) is 0 Å². The number of carbonyl (C=O) groups excluding carboxylic acids is 2. The Kier molecular flexibility index (Phi) is 3.30. The largest absolute Gasteiger partial charge is 0.455 e. The number of hydrogen-bond donors (Lipinski definition) is 0. The molecule has 3 fully saturated rings. The van der Waals surface area contributed by atoms with Crippen molar-refractivity contribution in [2.24, 2.45) is 40.6 Å². The zero-order chi connectivity index (χ0) is 19.0. The monoisotopic (exact) mass is 392 g/mol. The van der Waals surface area contributed by atoms with Crippen LogP contribution in [-0.2, 0) is 9.59 Å². The molecule has 0 radical (unpaired) electrons. The van der Waals surface area contributed by atoms with Gasteiger partial charge >= 0.3 is 0 Å². The van der Waals surface area contributed by atoms with Gasteiger partial charge in [0, 0.05) is 10.6 Å². The molecule has 6 heteroatoms. The molecular weight excluding hydrogens is 376 g/mol. The van der Waals surface area contributed by atoms with Crippen molar-refractivity contribution in [3.05, 3.63) is 59.3 Å². The van der Waals surface area contributed by atoms with E-state index in [1.165, 1.54) is 6.21 Å². The second-order valence-electron chi connectivity index (χ2n) is 8.10. The summed E-state index contributed by atoms with van der Waals surface area (Å²) >= 11 is 5.92. The number of imide groups is 1. The van der Waals surface area contributed by atoms with E-state index in [-0.39, 0.29) is 35.5 Å². The summed E-state index contributed by atoms with van der Waals surface area (Å²) < 4.78 is 5.78. The van der Waals surface area contributed by atoms with Crippen LogP contribution in [0, 0.1) is 35.5 Å². The second-order valence-corrected chi connectivity index (χ2v) is 8.53. The molecule has 1 aromatic carbocycles. The van der Waals surface area contributed by atoms with Gasteiger partial charge in [-0.3, -0.25) is 9.59 Å². The van der Waals surface area contributed by atoms with Crippen LogP contribution in [0.15, 0.2) is 58.1 Å². The van der Waals surface area contributed by atoms with E-state index in [0.717, 1.165) is 17.0 Å². The lowest BCUT2D eigenvalue weighted by molar-refractivity contribution is -0.140. The number of allylic oxidation sites excluding steroid dienone is 2. The Bertz CT molecular complexity index is 1020. The number of furan rings is 1. The summed E-state index contributed by atoms with van der Waals surface area (Å²) in [7, 11) is 0. The first kappa shape index (κ1) is 16.3. The Balaban J connectivity index is 1.24. The summed E-state index contributed by atoms with van der Waals surface area (Å²) in [6.07, 6.45) is 6.91. The Morgan fingerprint density at radius 1 is 0.964 bits per heavy atom. The van der Waals surface area contributed by atoms with Crippen molar-refractivity contribution in [3.63, 3.8) is 0 Å². The van der Waals surface area contributed by atoms with E-state index >= 15 is 0 Å². The van der Waals surface area contributed by atoms with Gasteiger partial charge in [-0.2, -0.15) is 10.1 Å². The molecule has 1 saturated heterocycles. The van der Waals surface area contributed by atoms with Crippen LogP contribution in [0.3, 0.4) is 0 Å². The highest BCUT2D eigenvalue weighted by Gasteiger charge is 2.67. The lowest BCUT2D eigenvalue weighted by Crippen LogP contribution is -2.40. The molecule has 140 valence electrons. The van der Waals surface area contributed by atoms with E-state index in [9.17, 15) is 9.59 Å². The molecule has 6 atom stereocenters. The predicted octanol–water partition coefficient (Wildman–Crippen LogP) is 3.99. The second kappa shape index (κ2) is 5.67. The molecule has 0 spiro atoms. The zero-order valence-corrected chi connectivity index (χ0v) is 15.6. The van der Waals surface area contributed by atoms with Gasteiger partial charge in [-0.1, -0.05) is 23.8 Å². The van der Waals surface area contributed by atoms with Gasteiger partial charge in [0.05, 0.1) is 18.1 Å². The third-order valence-electron chi connectivity index (χ3n) is 6.70. The van der Waals surface area contributed by atoms with E-state index < -0.39 is 0 Å². The average molecular weight is 393 g/mol. The number of hydrogen-bond acceptors (Lipinski definition) is 4. The van der Waals surface area contributed by atoms with Crippen molar-refractivity contribution < 1.29 is 14.0 Å². The smallest absolute Gasteiger partial charge is 0.254 e. The fraction of sp³-hybridized carbons (Fsp3) is 0.318. The Morgan fingerprint density at radius 2 is 1.61 bits per heavy atom. The summed E-state index contributed by atoms with van der Waals surface area (Å²) in [4.78, 5) is 25.8. The van der Waals surface area contributed by atoms with Crippen LogP contribution >= 0.6 is 11.6 Å². The number of benzene rings is 1. The maximum absolute atomic E-state index is 12.9. The van der Waals surface area contributed by atoms with Gasteiger partial charge in [0.2, 0.25) is 0 Å². The summed E-state index contributed by atoms with van der Waals surface area (Å²) in [6, 6.07) is 10.9. The first-order chi connectivity index (χ1) is 13.6. The van der Waals surface area contributed by atoms with Crippen LogP contribution in [0.25, 0.3) is 11.3 Å². The number of carbonyl (C=O) groups is 2. The highest BCUT2D eigenvalue weighted by molar-refractivity contribution is 6.30. The fourth-order valence-corrected chi connectivity index (χ4v) is 5.49. The van der Waals surface area contributed by atoms with Crippen LogP contribution in [-0.4, -0.2) is 23.0 Å². The minimum absolute atomic E-state index is 0.166. The van der Waals surface area contributed by atoms with Crippen molar-refractivity contribution >= 4 is 29.6 Å². The van der Waals surface area contributed by atoms with Crippen LogP contribution < -0.4 is 0 Å². The highest BCUT2D eigenvalue weighted by Crippen LogP contribution is 2.65. The van der Waals surface area contributed by atoms with E-state index in [1.807, 2.05) is 18.2 Å². The van der Waals surface area contributed by atoms with Crippen LogP contribution in [0.2, 0.25) is 5.02 Å². The van der Waals surface area contributed by atoms with Crippen molar-refractivity contribution in [1.29, 1.82) is 0 Å². The van der Waals surface area contributed by atoms with Crippen molar-refractivity contribution in [3.8, 4) is 11.3 Å². The lowest BCUT2D eigenvalue weighted by atomic mass is 9.63. The Hall–Kier alpha value is -2.66. The van der Waals surface area contributed by atoms with Gasteiger partial charge in [-0.05, 0) is 66.5 Å². The van der Waals surface area contributed by atoms with Gasteiger partial charge in [0.25, 0.3) is 11.8 Å².